The molecule has 0 N–H and O–H groups in total. The Labute approximate surface area is 162 Å². The Morgan fingerprint density at radius 3 is 2.41 bits per heavy atom. The lowest BCUT2D eigenvalue weighted by Gasteiger charge is -2.35. The highest BCUT2D eigenvalue weighted by Gasteiger charge is 2.26. The Hall–Kier alpha value is -2.44. The first kappa shape index (κ1) is 19.3. The summed E-state index contributed by atoms with van der Waals surface area (Å²) >= 11 is 5.87. The van der Waals surface area contributed by atoms with E-state index in [0.717, 1.165) is 5.69 Å². The number of hydrogen-bond acceptors (Lipinski definition) is 3. The Morgan fingerprint density at radius 1 is 1.07 bits per heavy atom. The van der Waals surface area contributed by atoms with Gasteiger partial charge in [0, 0.05) is 43.9 Å². The molecule has 1 saturated heterocycles. The van der Waals surface area contributed by atoms with E-state index in [1.165, 1.54) is 18.2 Å². The van der Waals surface area contributed by atoms with Crippen LogP contribution in [-0.2, 0) is 4.79 Å². The van der Waals surface area contributed by atoms with E-state index in [-0.39, 0.29) is 23.9 Å². The fourth-order valence-electron chi connectivity index (χ4n) is 3.03. The summed E-state index contributed by atoms with van der Waals surface area (Å²) in [6, 6.07) is 13.4. The molecule has 0 saturated carbocycles. The van der Waals surface area contributed by atoms with Gasteiger partial charge in [-0.05, 0) is 30.3 Å². The van der Waals surface area contributed by atoms with Crippen molar-refractivity contribution in [3.05, 3.63) is 64.9 Å². The molecule has 0 radical (unpaired) electrons. The van der Waals surface area contributed by atoms with Crippen LogP contribution in [-0.4, -0.2) is 61.4 Å². The molecule has 142 valence electrons. The average molecular weight is 390 g/mol. The number of anilines is 1. The molecule has 2 aromatic rings. The summed E-state index contributed by atoms with van der Waals surface area (Å²) in [5.41, 5.74) is 0.823. The second-order valence-electron chi connectivity index (χ2n) is 6.48. The van der Waals surface area contributed by atoms with Crippen LogP contribution in [0.25, 0.3) is 0 Å². The first-order valence-electron chi connectivity index (χ1n) is 8.74. The fraction of sp³-hybridized carbons (Fsp3) is 0.300. The van der Waals surface area contributed by atoms with Gasteiger partial charge in [-0.15, -0.1) is 0 Å². The van der Waals surface area contributed by atoms with E-state index in [0.29, 0.717) is 31.2 Å². The topological polar surface area (TPSA) is 43.9 Å². The molecule has 7 heteroatoms. The number of carbonyl (C=O) groups is 2. The van der Waals surface area contributed by atoms with Crippen molar-refractivity contribution in [2.45, 2.75) is 0 Å². The molecule has 0 unspecified atom stereocenters. The molecule has 1 aliphatic rings. The van der Waals surface area contributed by atoms with Crippen LogP contribution in [0.2, 0.25) is 5.02 Å². The second-order valence-corrected chi connectivity index (χ2v) is 6.92. The lowest BCUT2D eigenvalue weighted by Crippen LogP contribution is -2.51. The summed E-state index contributed by atoms with van der Waals surface area (Å²) in [6.07, 6.45) is 0. The Kier molecular flexibility index (Phi) is 6.08. The summed E-state index contributed by atoms with van der Waals surface area (Å²) in [5, 5.41) is 0.327. The van der Waals surface area contributed by atoms with E-state index in [1.807, 2.05) is 35.2 Å². The molecule has 1 fully saturated rings. The number of halogens is 2. The zero-order chi connectivity index (χ0) is 19.4. The molecule has 2 aromatic carbocycles. The highest BCUT2D eigenvalue weighted by Crippen LogP contribution is 2.18. The minimum Gasteiger partial charge on any atom is -0.336 e. The molecule has 0 bridgehead atoms. The van der Waals surface area contributed by atoms with Crippen LogP contribution in [0.3, 0.4) is 0 Å². The van der Waals surface area contributed by atoms with Crippen molar-refractivity contribution >= 4 is 29.1 Å². The number of hydrogen-bond donors (Lipinski definition) is 0. The van der Waals surface area contributed by atoms with Gasteiger partial charge in [-0.2, -0.15) is 0 Å². The van der Waals surface area contributed by atoms with Crippen molar-refractivity contribution in [2.75, 3.05) is 44.7 Å². The van der Waals surface area contributed by atoms with Gasteiger partial charge in [-0.1, -0.05) is 29.8 Å². The maximum absolute atomic E-state index is 13.9. The lowest BCUT2D eigenvalue weighted by molar-refractivity contribution is -0.119. The number of rotatable bonds is 4. The molecule has 0 aromatic heterocycles. The van der Waals surface area contributed by atoms with E-state index >= 15 is 0 Å². The monoisotopic (exact) mass is 389 g/mol. The SMILES string of the molecule is CN(C(=O)CN1CCN(C(=O)c2cc(Cl)ccc2F)CC1)c1ccccc1. The second kappa shape index (κ2) is 8.50. The van der Waals surface area contributed by atoms with Gasteiger partial charge in [-0.25, -0.2) is 4.39 Å². The van der Waals surface area contributed by atoms with Crippen molar-refractivity contribution in [2.24, 2.45) is 0 Å². The van der Waals surface area contributed by atoms with Gasteiger partial charge in [-0.3, -0.25) is 14.5 Å². The standard InChI is InChI=1S/C20H21ClFN3O2/c1-23(16-5-3-2-4-6-16)19(26)14-24-9-11-25(12-10-24)20(27)17-13-15(21)7-8-18(17)22/h2-8,13H,9-12,14H2,1H3. The molecule has 1 heterocycles. The van der Waals surface area contributed by atoms with Crippen LogP contribution in [0.1, 0.15) is 10.4 Å². The number of likely N-dealkylation sites (N-methyl/N-ethyl adjacent to an activating group) is 1. The summed E-state index contributed by atoms with van der Waals surface area (Å²) < 4.78 is 13.9. The van der Waals surface area contributed by atoms with E-state index in [4.69, 9.17) is 11.6 Å². The lowest BCUT2D eigenvalue weighted by atomic mass is 10.1. The number of para-hydroxylation sites is 1. The molecule has 0 atom stereocenters. The maximum Gasteiger partial charge on any atom is 0.256 e. The van der Waals surface area contributed by atoms with Crippen molar-refractivity contribution in [1.82, 2.24) is 9.80 Å². The number of carbonyl (C=O) groups excluding carboxylic acids is 2. The predicted molar refractivity (Wildman–Crippen MR) is 104 cm³/mol. The predicted octanol–water partition coefficient (Wildman–Crippen LogP) is 2.90. The van der Waals surface area contributed by atoms with Gasteiger partial charge in [0.25, 0.3) is 5.91 Å². The molecular weight excluding hydrogens is 369 g/mol. The Balaban J connectivity index is 1.55. The van der Waals surface area contributed by atoms with E-state index in [1.54, 1.807) is 16.8 Å². The first-order valence-corrected chi connectivity index (χ1v) is 9.12. The van der Waals surface area contributed by atoms with Gasteiger partial charge in [0.2, 0.25) is 5.91 Å². The first-order chi connectivity index (χ1) is 13.0. The van der Waals surface area contributed by atoms with Crippen molar-refractivity contribution in [3.63, 3.8) is 0 Å². The zero-order valence-electron chi connectivity index (χ0n) is 15.1. The highest BCUT2D eigenvalue weighted by atomic mass is 35.5. The summed E-state index contributed by atoms with van der Waals surface area (Å²) in [6.45, 7) is 2.27. The molecule has 5 nitrogen and oxygen atoms in total. The molecule has 0 aliphatic carbocycles. The van der Waals surface area contributed by atoms with E-state index in [9.17, 15) is 14.0 Å². The molecular formula is C20H21ClFN3O2. The van der Waals surface area contributed by atoms with Crippen LogP contribution in [0, 0.1) is 5.82 Å². The quantitative estimate of drug-likeness (QED) is 0.807. The zero-order valence-corrected chi connectivity index (χ0v) is 15.8. The number of amides is 2. The third-order valence-electron chi connectivity index (χ3n) is 4.69. The van der Waals surface area contributed by atoms with E-state index < -0.39 is 5.82 Å². The van der Waals surface area contributed by atoms with Crippen LogP contribution in [0.15, 0.2) is 48.5 Å². The average Bonchev–Trinajstić information content (AvgIpc) is 2.70. The van der Waals surface area contributed by atoms with Gasteiger partial charge in [0.15, 0.2) is 0 Å². The maximum atomic E-state index is 13.9. The number of nitrogens with zero attached hydrogens (tertiary/aromatic N) is 3. The minimum atomic E-state index is -0.577. The van der Waals surface area contributed by atoms with Crippen molar-refractivity contribution in [1.29, 1.82) is 0 Å². The fourth-order valence-corrected chi connectivity index (χ4v) is 3.21. The largest absolute Gasteiger partial charge is 0.336 e. The molecule has 27 heavy (non-hydrogen) atoms. The molecule has 3 rings (SSSR count). The molecule has 2 amide bonds. The van der Waals surface area contributed by atoms with Crippen LogP contribution in [0.5, 0.6) is 0 Å². The van der Waals surface area contributed by atoms with Gasteiger partial charge in [0.1, 0.15) is 5.82 Å². The third-order valence-corrected chi connectivity index (χ3v) is 4.93. The van der Waals surface area contributed by atoms with Gasteiger partial charge in [0.05, 0.1) is 12.1 Å². The molecule has 1 aliphatic heterocycles. The minimum absolute atomic E-state index is 0.0122. The summed E-state index contributed by atoms with van der Waals surface area (Å²) in [7, 11) is 1.75. The van der Waals surface area contributed by atoms with E-state index in [2.05, 4.69) is 0 Å². The summed E-state index contributed by atoms with van der Waals surface area (Å²) in [5.74, 6) is -0.962. The van der Waals surface area contributed by atoms with Crippen LogP contribution >= 0.6 is 11.6 Å². The third kappa shape index (κ3) is 4.64. The summed E-state index contributed by atoms with van der Waals surface area (Å²) in [4.78, 5) is 30.2. The Bertz CT molecular complexity index is 823. The number of benzene rings is 2. The number of piperazine rings is 1. The highest BCUT2D eigenvalue weighted by molar-refractivity contribution is 6.31. The smallest absolute Gasteiger partial charge is 0.256 e. The van der Waals surface area contributed by atoms with Crippen LogP contribution in [0.4, 0.5) is 10.1 Å². The van der Waals surface area contributed by atoms with Crippen LogP contribution < -0.4 is 4.90 Å². The van der Waals surface area contributed by atoms with Crippen molar-refractivity contribution < 1.29 is 14.0 Å². The molecule has 0 spiro atoms. The van der Waals surface area contributed by atoms with Gasteiger partial charge < -0.3 is 9.80 Å². The normalized spacial score (nSPS) is 14.9. The Morgan fingerprint density at radius 2 is 1.74 bits per heavy atom. The van der Waals surface area contributed by atoms with Gasteiger partial charge >= 0.3 is 0 Å². The van der Waals surface area contributed by atoms with Crippen molar-refractivity contribution in [3.8, 4) is 0 Å².